The zero-order valence-corrected chi connectivity index (χ0v) is 12.9. The Morgan fingerprint density at radius 2 is 2.30 bits per heavy atom. The van der Waals surface area contributed by atoms with Crippen LogP contribution in [0.15, 0.2) is 17.3 Å². The molecule has 1 aromatic rings. The second-order valence-electron chi connectivity index (χ2n) is 4.44. The highest BCUT2D eigenvalue weighted by Gasteiger charge is 2.24. The molecule has 0 atom stereocenters. The third-order valence-corrected chi connectivity index (χ3v) is 4.60. The zero-order chi connectivity index (χ0) is 15.0. The quantitative estimate of drug-likeness (QED) is 0.533. The van der Waals surface area contributed by atoms with Gasteiger partial charge in [0.15, 0.2) is 0 Å². The number of hydrogen-bond acceptors (Lipinski definition) is 4. The van der Waals surface area contributed by atoms with E-state index in [-0.39, 0.29) is 11.4 Å². The maximum Gasteiger partial charge on any atom is 0.247 e. The minimum absolute atomic E-state index is 0.0844. The lowest BCUT2D eigenvalue weighted by atomic mass is 10.4. The van der Waals surface area contributed by atoms with Crippen molar-refractivity contribution in [1.29, 1.82) is 0 Å². The van der Waals surface area contributed by atoms with Crippen LogP contribution in [-0.2, 0) is 16.6 Å². The van der Waals surface area contributed by atoms with Crippen LogP contribution in [0, 0.1) is 12.3 Å². The third kappa shape index (κ3) is 4.34. The van der Waals surface area contributed by atoms with Gasteiger partial charge >= 0.3 is 0 Å². The minimum atomic E-state index is -3.54. The van der Waals surface area contributed by atoms with Crippen molar-refractivity contribution in [2.45, 2.75) is 31.2 Å². The molecule has 0 aromatic carbocycles. The number of aryl methyl sites for hydroxylation is 1. The summed E-state index contributed by atoms with van der Waals surface area (Å²) >= 11 is 0. The van der Waals surface area contributed by atoms with Crippen LogP contribution in [0.4, 0.5) is 0 Å². The molecule has 0 unspecified atom stereocenters. The number of rotatable bonds is 9. The van der Waals surface area contributed by atoms with E-state index in [1.165, 1.54) is 10.5 Å². The van der Waals surface area contributed by atoms with Crippen molar-refractivity contribution in [1.82, 2.24) is 19.4 Å². The molecule has 0 aliphatic heterocycles. The van der Waals surface area contributed by atoms with Crippen LogP contribution in [0.3, 0.4) is 0 Å². The van der Waals surface area contributed by atoms with E-state index in [0.29, 0.717) is 13.1 Å². The number of nitrogens with zero attached hydrogens (tertiary/aromatic N) is 3. The first kappa shape index (κ1) is 16.7. The predicted molar refractivity (Wildman–Crippen MR) is 78.7 cm³/mol. The molecule has 0 radical (unpaired) electrons. The number of hydrogen-bond donors (Lipinski definition) is 1. The smallest absolute Gasteiger partial charge is 0.247 e. The molecule has 0 aliphatic carbocycles. The Balaban J connectivity index is 2.83. The van der Waals surface area contributed by atoms with Crippen LogP contribution >= 0.6 is 0 Å². The van der Waals surface area contributed by atoms with E-state index in [1.807, 2.05) is 14.0 Å². The van der Waals surface area contributed by atoms with Gasteiger partial charge in [0, 0.05) is 19.3 Å². The molecular weight excluding hydrogens is 276 g/mol. The van der Waals surface area contributed by atoms with Crippen molar-refractivity contribution < 1.29 is 8.42 Å². The molecule has 1 aromatic heterocycles. The summed E-state index contributed by atoms with van der Waals surface area (Å²) in [4.78, 5) is 0.200. The van der Waals surface area contributed by atoms with Gasteiger partial charge < -0.3 is 5.32 Å². The molecule has 0 amide bonds. The van der Waals surface area contributed by atoms with Gasteiger partial charge in [0.05, 0.1) is 12.7 Å². The third-order valence-electron chi connectivity index (χ3n) is 2.80. The molecule has 0 fully saturated rings. The monoisotopic (exact) mass is 298 g/mol. The van der Waals surface area contributed by atoms with Crippen LogP contribution in [0.25, 0.3) is 0 Å². The fraction of sp³-hybridized carbons (Fsp3) is 0.615. The topological polar surface area (TPSA) is 67.2 Å². The molecule has 0 saturated carbocycles. The highest BCUT2D eigenvalue weighted by molar-refractivity contribution is 7.89. The molecule has 0 bridgehead atoms. The van der Waals surface area contributed by atoms with Crippen LogP contribution in [0.1, 0.15) is 19.8 Å². The van der Waals surface area contributed by atoms with Gasteiger partial charge in [-0.3, -0.25) is 4.68 Å². The highest BCUT2D eigenvalue weighted by atomic mass is 32.2. The number of nitrogens with one attached hydrogen (secondary N) is 1. The lowest BCUT2D eigenvalue weighted by Crippen LogP contribution is -2.32. The van der Waals surface area contributed by atoms with E-state index in [1.54, 1.807) is 10.9 Å². The van der Waals surface area contributed by atoms with Crippen molar-refractivity contribution in [2.75, 3.05) is 26.7 Å². The van der Waals surface area contributed by atoms with Crippen LogP contribution in [0.2, 0.25) is 0 Å². The van der Waals surface area contributed by atoms with E-state index in [4.69, 9.17) is 6.42 Å². The average Bonchev–Trinajstić information content (AvgIpc) is 2.88. The fourth-order valence-electron chi connectivity index (χ4n) is 1.80. The summed E-state index contributed by atoms with van der Waals surface area (Å²) in [5.41, 5.74) is 0. The second-order valence-corrected chi connectivity index (χ2v) is 6.38. The molecule has 0 saturated heterocycles. The zero-order valence-electron chi connectivity index (χ0n) is 12.0. The Morgan fingerprint density at radius 1 is 1.55 bits per heavy atom. The average molecular weight is 298 g/mol. The summed E-state index contributed by atoms with van der Waals surface area (Å²) in [6.45, 7) is 3.96. The number of sulfonamides is 1. The van der Waals surface area contributed by atoms with Crippen LogP contribution in [-0.4, -0.2) is 49.2 Å². The first-order valence-corrected chi connectivity index (χ1v) is 8.11. The van der Waals surface area contributed by atoms with Gasteiger partial charge in [-0.2, -0.15) is 9.40 Å². The van der Waals surface area contributed by atoms with Crippen molar-refractivity contribution in [2.24, 2.45) is 0 Å². The summed E-state index contributed by atoms with van der Waals surface area (Å²) in [5, 5.41) is 7.13. The maximum atomic E-state index is 12.4. The highest BCUT2D eigenvalue weighted by Crippen LogP contribution is 2.15. The molecule has 112 valence electrons. The van der Waals surface area contributed by atoms with E-state index in [0.717, 1.165) is 19.4 Å². The van der Waals surface area contributed by atoms with E-state index >= 15 is 0 Å². The SMILES string of the molecule is C#CCN(CCC)S(=O)(=O)c1cnn(CCCNC)c1. The fourth-order valence-corrected chi connectivity index (χ4v) is 3.20. The number of terminal acetylenes is 1. The lowest BCUT2D eigenvalue weighted by Gasteiger charge is -2.17. The molecule has 1 rings (SSSR count). The first-order valence-electron chi connectivity index (χ1n) is 6.67. The van der Waals surface area contributed by atoms with E-state index in [2.05, 4.69) is 16.3 Å². The standard InChI is InChI=1S/C13H22N4O2S/c1-4-8-17(9-5-2)20(18,19)13-11-15-16(12-13)10-6-7-14-3/h1,11-12,14H,5-10H2,2-3H3. The first-order chi connectivity index (χ1) is 9.56. The van der Waals surface area contributed by atoms with Gasteiger partial charge in [-0.25, -0.2) is 8.42 Å². The summed E-state index contributed by atoms with van der Waals surface area (Å²) in [5.74, 6) is 2.39. The van der Waals surface area contributed by atoms with Gasteiger partial charge in [0.2, 0.25) is 10.0 Å². The minimum Gasteiger partial charge on any atom is -0.320 e. The van der Waals surface area contributed by atoms with Crippen LogP contribution in [0.5, 0.6) is 0 Å². The summed E-state index contributed by atoms with van der Waals surface area (Å²) in [7, 11) is -1.67. The molecule has 1 heterocycles. The van der Waals surface area contributed by atoms with Gasteiger partial charge in [-0.1, -0.05) is 12.8 Å². The van der Waals surface area contributed by atoms with Crippen molar-refractivity contribution in [3.05, 3.63) is 12.4 Å². The Morgan fingerprint density at radius 3 is 2.90 bits per heavy atom. The molecule has 20 heavy (non-hydrogen) atoms. The Hall–Kier alpha value is -1.36. The Kier molecular flexibility index (Phi) is 6.71. The second kappa shape index (κ2) is 8.04. The lowest BCUT2D eigenvalue weighted by molar-refractivity contribution is 0.445. The molecule has 0 spiro atoms. The van der Waals surface area contributed by atoms with Gasteiger partial charge in [0.1, 0.15) is 4.90 Å². The summed E-state index contributed by atoms with van der Waals surface area (Å²) in [6, 6.07) is 0. The van der Waals surface area contributed by atoms with Gasteiger partial charge in [-0.15, -0.1) is 6.42 Å². The van der Waals surface area contributed by atoms with Crippen molar-refractivity contribution >= 4 is 10.0 Å². The molecule has 7 heteroatoms. The van der Waals surface area contributed by atoms with Crippen molar-refractivity contribution in [3.63, 3.8) is 0 Å². The largest absolute Gasteiger partial charge is 0.320 e. The molecular formula is C13H22N4O2S. The van der Waals surface area contributed by atoms with E-state index < -0.39 is 10.0 Å². The molecule has 6 nitrogen and oxygen atoms in total. The summed E-state index contributed by atoms with van der Waals surface area (Å²) < 4.78 is 27.8. The normalized spacial score (nSPS) is 11.7. The molecule has 1 N–H and O–H groups in total. The van der Waals surface area contributed by atoms with Crippen LogP contribution < -0.4 is 5.32 Å². The predicted octanol–water partition coefficient (Wildman–Crippen LogP) is 0.527. The van der Waals surface area contributed by atoms with E-state index in [9.17, 15) is 8.42 Å². The summed E-state index contributed by atoms with van der Waals surface area (Å²) in [6.07, 6.45) is 9.79. The Labute approximate surface area is 121 Å². The van der Waals surface area contributed by atoms with Gasteiger partial charge in [-0.05, 0) is 26.4 Å². The van der Waals surface area contributed by atoms with Gasteiger partial charge in [0.25, 0.3) is 0 Å². The molecule has 0 aliphatic rings. The number of aromatic nitrogens is 2. The Bertz CT molecular complexity index is 545. The van der Waals surface area contributed by atoms with Crippen molar-refractivity contribution in [3.8, 4) is 12.3 Å². The maximum absolute atomic E-state index is 12.4.